The summed E-state index contributed by atoms with van der Waals surface area (Å²) in [5.74, 6) is -1.18. The highest BCUT2D eigenvalue weighted by Gasteiger charge is 2.17. The van der Waals surface area contributed by atoms with E-state index >= 15 is 0 Å². The standard InChI is InChI=1S/C7H8N2O3S2/c1-3(10)8-5-4(6(11)12)14-7(13)9(5)2/h1-2H3,(H,8,10)(H,11,12). The molecule has 0 radical (unpaired) electrons. The van der Waals surface area contributed by atoms with Crippen LogP contribution >= 0.6 is 23.6 Å². The molecular weight excluding hydrogens is 224 g/mol. The molecule has 1 rings (SSSR count). The van der Waals surface area contributed by atoms with Gasteiger partial charge in [0.1, 0.15) is 5.82 Å². The van der Waals surface area contributed by atoms with Gasteiger partial charge in [0.05, 0.1) is 0 Å². The fourth-order valence-electron chi connectivity index (χ4n) is 0.900. The molecule has 1 aromatic heterocycles. The van der Waals surface area contributed by atoms with Gasteiger partial charge in [0, 0.05) is 14.0 Å². The Kier molecular flexibility index (Phi) is 3.02. The van der Waals surface area contributed by atoms with Crippen molar-refractivity contribution in [2.24, 2.45) is 7.05 Å². The summed E-state index contributed by atoms with van der Waals surface area (Å²) in [6.45, 7) is 1.31. The van der Waals surface area contributed by atoms with Crippen LogP contribution in [0.5, 0.6) is 0 Å². The van der Waals surface area contributed by atoms with Gasteiger partial charge in [-0.15, -0.1) is 0 Å². The van der Waals surface area contributed by atoms with Crippen molar-refractivity contribution in [1.29, 1.82) is 0 Å². The van der Waals surface area contributed by atoms with E-state index in [1.807, 2.05) is 0 Å². The number of aromatic carboxylic acids is 1. The number of hydrogen-bond donors (Lipinski definition) is 2. The molecule has 0 aliphatic heterocycles. The molecule has 1 heterocycles. The van der Waals surface area contributed by atoms with Gasteiger partial charge in [0.15, 0.2) is 8.83 Å². The summed E-state index contributed by atoms with van der Waals surface area (Å²) in [7, 11) is 1.61. The first kappa shape index (κ1) is 10.9. The van der Waals surface area contributed by atoms with Crippen molar-refractivity contribution in [2.45, 2.75) is 6.92 Å². The van der Waals surface area contributed by atoms with E-state index in [2.05, 4.69) is 5.32 Å². The molecular formula is C7H8N2O3S2. The van der Waals surface area contributed by atoms with Crippen LogP contribution in [-0.2, 0) is 11.8 Å². The Hall–Kier alpha value is -1.21. The topological polar surface area (TPSA) is 71.3 Å². The fraction of sp³-hybridized carbons (Fsp3) is 0.286. The molecule has 76 valence electrons. The molecule has 0 aliphatic carbocycles. The summed E-state index contributed by atoms with van der Waals surface area (Å²) < 4.78 is 1.87. The Morgan fingerprint density at radius 3 is 2.57 bits per heavy atom. The second-order valence-electron chi connectivity index (χ2n) is 2.59. The summed E-state index contributed by atoms with van der Waals surface area (Å²) >= 11 is 5.86. The zero-order valence-electron chi connectivity index (χ0n) is 7.53. The van der Waals surface area contributed by atoms with Crippen molar-refractivity contribution in [3.05, 3.63) is 8.83 Å². The molecule has 2 N–H and O–H groups in total. The van der Waals surface area contributed by atoms with Crippen molar-refractivity contribution in [3.8, 4) is 0 Å². The average Bonchev–Trinajstić information content (AvgIpc) is 2.32. The lowest BCUT2D eigenvalue weighted by Crippen LogP contribution is -2.12. The van der Waals surface area contributed by atoms with Gasteiger partial charge in [-0.1, -0.05) is 11.3 Å². The van der Waals surface area contributed by atoms with Gasteiger partial charge in [0.2, 0.25) is 5.91 Å². The molecule has 0 aliphatic rings. The highest BCUT2D eigenvalue weighted by atomic mass is 32.1. The number of hydrogen-bond acceptors (Lipinski definition) is 4. The first-order chi connectivity index (χ1) is 6.43. The van der Waals surface area contributed by atoms with E-state index in [1.165, 1.54) is 11.5 Å². The Morgan fingerprint density at radius 1 is 1.57 bits per heavy atom. The van der Waals surface area contributed by atoms with E-state index in [0.29, 0.717) is 3.95 Å². The van der Waals surface area contributed by atoms with Crippen LogP contribution in [-0.4, -0.2) is 21.6 Å². The van der Waals surface area contributed by atoms with E-state index in [1.54, 1.807) is 7.05 Å². The smallest absolute Gasteiger partial charge is 0.349 e. The van der Waals surface area contributed by atoms with Crippen molar-refractivity contribution in [3.63, 3.8) is 0 Å². The van der Waals surface area contributed by atoms with Gasteiger partial charge in [-0.25, -0.2) is 4.79 Å². The van der Waals surface area contributed by atoms with Crippen LogP contribution in [0.25, 0.3) is 0 Å². The third-order valence-corrected chi connectivity index (χ3v) is 3.05. The minimum Gasteiger partial charge on any atom is -0.477 e. The summed E-state index contributed by atoms with van der Waals surface area (Å²) in [4.78, 5) is 21.6. The summed E-state index contributed by atoms with van der Waals surface area (Å²) in [6.07, 6.45) is 0. The zero-order valence-corrected chi connectivity index (χ0v) is 9.16. The number of anilines is 1. The Labute approximate surface area is 89.0 Å². The molecule has 0 fully saturated rings. The molecule has 1 aromatic rings. The van der Waals surface area contributed by atoms with Crippen LogP contribution in [0.3, 0.4) is 0 Å². The summed E-state index contributed by atoms with van der Waals surface area (Å²) in [5.41, 5.74) is 0. The summed E-state index contributed by atoms with van der Waals surface area (Å²) in [5, 5.41) is 11.2. The third kappa shape index (κ3) is 1.99. The number of thiazole rings is 1. The number of carboxylic acid groups (broad SMARTS) is 1. The number of nitrogens with zero attached hydrogens (tertiary/aromatic N) is 1. The fourth-order valence-corrected chi connectivity index (χ4v) is 2.02. The second-order valence-corrected chi connectivity index (χ2v) is 4.24. The molecule has 0 bridgehead atoms. The van der Waals surface area contributed by atoms with Crippen molar-refractivity contribution in [1.82, 2.24) is 4.57 Å². The van der Waals surface area contributed by atoms with Crippen LogP contribution in [0.2, 0.25) is 0 Å². The van der Waals surface area contributed by atoms with E-state index in [4.69, 9.17) is 17.3 Å². The maximum atomic E-state index is 10.8. The maximum Gasteiger partial charge on any atom is 0.349 e. The van der Waals surface area contributed by atoms with Crippen LogP contribution in [0.4, 0.5) is 5.82 Å². The second kappa shape index (κ2) is 3.89. The third-order valence-electron chi connectivity index (χ3n) is 1.50. The molecule has 7 heteroatoms. The lowest BCUT2D eigenvalue weighted by Gasteiger charge is -2.03. The Balaban J connectivity index is 3.30. The van der Waals surface area contributed by atoms with Gasteiger partial charge in [-0.3, -0.25) is 4.79 Å². The van der Waals surface area contributed by atoms with Gasteiger partial charge < -0.3 is 15.0 Å². The number of carbonyl (C=O) groups excluding carboxylic acids is 1. The molecule has 0 saturated carbocycles. The van der Waals surface area contributed by atoms with E-state index in [0.717, 1.165) is 11.3 Å². The highest BCUT2D eigenvalue weighted by molar-refractivity contribution is 7.73. The number of nitrogens with one attached hydrogen (secondary N) is 1. The number of carbonyl (C=O) groups is 2. The van der Waals surface area contributed by atoms with Gasteiger partial charge in [-0.2, -0.15) is 0 Å². The zero-order chi connectivity index (χ0) is 10.9. The summed E-state index contributed by atoms with van der Waals surface area (Å²) in [6, 6.07) is 0. The van der Waals surface area contributed by atoms with Gasteiger partial charge >= 0.3 is 5.97 Å². The molecule has 1 amide bonds. The highest BCUT2D eigenvalue weighted by Crippen LogP contribution is 2.23. The maximum absolute atomic E-state index is 10.8. The minimum absolute atomic E-state index is 0.0488. The Morgan fingerprint density at radius 2 is 2.14 bits per heavy atom. The number of rotatable bonds is 2. The van der Waals surface area contributed by atoms with E-state index < -0.39 is 5.97 Å². The molecule has 14 heavy (non-hydrogen) atoms. The average molecular weight is 232 g/mol. The van der Waals surface area contributed by atoms with E-state index in [9.17, 15) is 9.59 Å². The molecule has 5 nitrogen and oxygen atoms in total. The van der Waals surface area contributed by atoms with Crippen LogP contribution in [0.15, 0.2) is 0 Å². The molecule has 0 aromatic carbocycles. The first-order valence-corrected chi connectivity index (χ1v) is 4.86. The largest absolute Gasteiger partial charge is 0.477 e. The van der Waals surface area contributed by atoms with Gasteiger partial charge in [0.25, 0.3) is 0 Å². The van der Waals surface area contributed by atoms with Gasteiger partial charge in [-0.05, 0) is 12.2 Å². The number of amides is 1. The minimum atomic E-state index is -1.09. The van der Waals surface area contributed by atoms with Crippen LogP contribution < -0.4 is 5.32 Å². The van der Waals surface area contributed by atoms with Crippen molar-refractivity contribution >= 4 is 41.2 Å². The predicted octanol–water partition coefficient (Wildman–Crippen LogP) is 1.47. The lowest BCUT2D eigenvalue weighted by molar-refractivity contribution is -0.114. The predicted molar refractivity (Wildman–Crippen MR) is 55.4 cm³/mol. The number of aromatic nitrogens is 1. The van der Waals surface area contributed by atoms with E-state index in [-0.39, 0.29) is 16.6 Å². The first-order valence-electron chi connectivity index (χ1n) is 3.64. The molecule has 0 unspecified atom stereocenters. The molecule has 0 atom stereocenters. The monoisotopic (exact) mass is 232 g/mol. The Bertz CT molecular complexity index is 446. The quantitative estimate of drug-likeness (QED) is 0.757. The van der Waals surface area contributed by atoms with Crippen LogP contribution in [0, 0.1) is 3.95 Å². The van der Waals surface area contributed by atoms with Crippen LogP contribution in [0.1, 0.15) is 16.6 Å². The SMILES string of the molecule is CC(=O)Nc1c(C(=O)O)sc(=S)n1C. The normalized spacial score (nSPS) is 9.86. The molecule has 0 saturated heterocycles. The van der Waals surface area contributed by atoms with Crippen molar-refractivity contribution < 1.29 is 14.7 Å². The number of carboxylic acids is 1. The lowest BCUT2D eigenvalue weighted by atomic mass is 10.4. The van der Waals surface area contributed by atoms with Crippen molar-refractivity contribution in [2.75, 3.05) is 5.32 Å². The molecule has 0 spiro atoms.